The molecule has 5 N–H and O–H groups in total. The topological polar surface area (TPSA) is 166 Å². The maximum atomic E-state index is 14.7. The molecule has 4 unspecified atom stereocenters. The van der Waals surface area contributed by atoms with Crippen molar-refractivity contribution in [3.63, 3.8) is 0 Å². The van der Waals surface area contributed by atoms with Gasteiger partial charge in [0.05, 0.1) is 12.1 Å². The molecule has 3 saturated carbocycles. The number of hydrogen-bond donors (Lipinski definition) is 5. The van der Waals surface area contributed by atoms with Crippen LogP contribution in [-0.2, 0) is 14.4 Å². The molecule has 0 spiro atoms. The second-order valence-electron chi connectivity index (χ2n) is 16.4. The molecular weight excluding hydrogens is 634 g/mol. The number of nitrogens with zero attached hydrogens (tertiary/aromatic N) is 3. The van der Waals surface area contributed by atoms with E-state index in [1.54, 1.807) is 0 Å². The van der Waals surface area contributed by atoms with E-state index in [2.05, 4.69) is 38.2 Å². The van der Waals surface area contributed by atoms with Gasteiger partial charge in [-0.1, -0.05) is 59.8 Å². The lowest BCUT2D eigenvalue weighted by Gasteiger charge is -2.39. The first-order chi connectivity index (χ1) is 24.0. The fourth-order valence-corrected chi connectivity index (χ4v) is 8.69. The fraction of sp³-hybridized carbons (Fsp3) is 0.789. The zero-order valence-corrected chi connectivity index (χ0v) is 30.7. The Morgan fingerprint density at radius 3 is 2.34 bits per heavy atom. The van der Waals surface area contributed by atoms with Gasteiger partial charge in [-0.25, -0.2) is 4.98 Å². The number of aliphatic hydroxyl groups is 1. The molecule has 0 aromatic carbocycles. The van der Waals surface area contributed by atoms with E-state index in [0.717, 1.165) is 77.0 Å². The average molecular weight is 696 g/mol. The summed E-state index contributed by atoms with van der Waals surface area (Å²) < 4.78 is 0. The van der Waals surface area contributed by atoms with E-state index in [4.69, 9.17) is 0 Å². The molecule has 12 heteroatoms. The van der Waals surface area contributed by atoms with Gasteiger partial charge in [0.25, 0.3) is 5.91 Å². The third-order valence-corrected chi connectivity index (χ3v) is 11.6. The van der Waals surface area contributed by atoms with Crippen molar-refractivity contribution in [2.24, 2.45) is 29.1 Å². The Hall–Kier alpha value is -3.12. The quantitative estimate of drug-likeness (QED) is 0.176. The van der Waals surface area contributed by atoms with Gasteiger partial charge in [0.1, 0.15) is 17.8 Å². The van der Waals surface area contributed by atoms with Crippen LogP contribution in [0.25, 0.3) is 0 Å². The fourth-order valence-electron chi connectivity index (χ4n) is 8.69. The normalized spacial score (nSPS) is 24.9. The van der Waals surface area contributed by atoms with E-state index in [0.29, 0.717) is 31.3 Å². The number of nitrogens with one attached hydrogen (secondary N) is 4. The first-order valence-electron chi connectivity index (χ1n) is 19.3. The highest BCUT2D eigenvalue weighted by molar-refractivity contribution is 5.97. The zero-order valence-electron chi connectivity index (χ0n) is 30.7. The SMILES string of the molecule is CCC[C@H](NC[C@@H]1C2CCCC2CN1C(=O)C(NC(=O)[C@@H](NC(=O)c1cnccn1)C1CCCCC1)C(C)(C)C)C(CCO)C(=O)NC1CC1. The second kappa shape index (κ2) is 17.4. The van der Waals surface area contributed by atoms with Gasteiger partial charge in [0.2, 0.25) is 17.7 Å². The van der Waals surface area contributed by atoms with Gasteiger partial charge >= 0.3 is 0 Å². The van der Waals surface area contributed by atoms with Crippen molar-refractivity contribution in [1.82, 2.24) is 36.1 Å². The summed E-state index contributed by atoms with van der Waals surface area (Å²) >= 11 is 0. The number of fused-ring (bicyclic) bond motifs is 1. The molecule has 0 bridgehead atoms. The summed E-state index contributed by atoms with van der Waals surface area (Å²) in [4.78, 5) is 65.6. The lowest BCUT2D eigenvalue weighted by Crippen LogP contribution is -2.61. The Bertz CT molecular complexity index is 1300. The van der Waals surface area contributed by atoms with Crippen molar-refractivity contribution >= 4 is 23.6 Å². The van der Waals surface area contributed by atoms with Crippen molar-refractivity contribution in [2.45, 2.75) is 141 Å². The highest BCUT2D eigenvalue weighted by atomic mass is 16.3. The smallest absolute Gasteiger partial charge is 0.272 e. The number of rotatable bonds is 16. The van der Waals surface area contributed by atoms with Crippen LogP contribution in [0, 0.1) is 29.1 Å². The van der Waals surface area contributed by atoms with Gasteiger partial charge in [-0.3, -0.25) is 24.2 Å². The van der Waals surface area contributed by atoms with E-state index >= 15 is 0 Å². The third kappa shape index (κ3) is 9.60. The van der Waals surface area contributed by atoms with Crippen LogP contribution in [0.4, 0.5) is 0 Å². The number of carbonyl (C=O) groups excluding carboxylic acids is 4. The molecule has 50 heavy (non-hydrogen) atoms. The van der Waals surface area contributed by atoms with Crippen LogP contribution in [-0.4, -0.2) is 93.5 Å². The summed E-state index contributed by atoms with van der Waals surface area (Å²) in [5.41, 5.74) is -0.442. The van der Waals surface area contributed by atoms with Gasteiger partial charge in [-0.05, 0) is 74.5 Å². The molecule has 5 rings (SSSR count). The van der Waals surface area contributed by atoms with Crippen molar-refractivity contribution in [3.8, 4) is 0 Å². The summed E-state index contributed by atoms with van der Waals surface area (Å²) in [5.74, 6) is -0.521. The minimum Gasteiger partial charge on any atom is -0.396 e. The first-order valence-corrected chi connectivity index (χ1v) is 19.3. The van der Waals surface area contributed by atoms with Crippen molar-refractivity contribution in [3.05, 3.63) is 24.3 Å². The van der Waals surface area contributed by atoms with Crippen LogP contribution in [0.15, 0.2) is 18.6 Å². The van der Waals surface area contributed by atoms with Gasteiger partial charge < -0.3 is 31.3 Å². The van der Waals surface area contributed by atoms with Gasteiger partial charge in [-0.2, -0.15) is 0 Å². The van der Waals surface area contributed by atoms with Crippen molar-refractivity contribution in [2.75, 3.05) is 19.7 Å². The maximum absolute atomic E-state index is 14.7. The molecule has 1 aromatic heterocycles. The predicted molar refractivity (Wildman–Crippen MR) is 191 cm³/mol. The van der Waals surface area contributed by atoms with E-state index in [1.807, 2.05) is 25.7 Å². The van der Waals surface area contributed by atoms with Crippen molar-refractivity contribution in [1.29, 1.82) is 0 Å². The lowest BCUT2D eigenvalue weighted by atomic mass is 9.82. The number of amides is 4. The third-order valence-electron chi connectivity index (χ3n) is 11.6. The van der Waals surface area contributed by atoms with Crippen LogP contribution in [0.1, 0.15) is 122 Å². The minimum absolute atomic E-state index is 0.0000241. The second-order valence-corrected chi connectivity index (χ2v) is 16.4. The molecule has 12 nitrogen and oxygen atoms in total. The molecule has 0 radical (unpaired) electrons. The Labute approximate surface area is 298 Å². The van der Waals surface area contributed by atoms with E-state index in [-0.39, 0.29) is 60.0 Å². The molecule has 4 aliphatic rings. The Kier molecular flexibility index (Phi) is 13.3. The molecule has 7 atom stereocenters. The molecule has 3 aliphatic carbocycles. The first kappa shape index (κ1) is 38.1. The van der Waals surface area contributed by atoms with Crippen LogP contribution in [0.2, 0.25) is 0 Å². The number of hydrogen-bond acceptors (Lipinski definition) is 8. The van der Waals surface area contributed by atoms with E-state index in [9.17, 15) is 24.3 Å². The largest absolute Gasteiger partial charge is 0.396 e. The number of carbonyl (C=O) groups is 4. The van der Waals surface area contributed by atoms with Crippen molar-refractivity contribution < 1.29 is 24.3 Å². The molecule has 278 valence electrons. The Morgan fingerprint density at radius 2 is 1.70 bits per heavy atom. The molecule has 4 amide bonds. The Balaban J connectivity index is 1.33. The summed E-state index contributed by atoms with van der Waals surface area (Å²) in [6.07, 6.45) is 16.4. The summed E-state index contributed by atoms with van der Waals surface area (Å²) in [5, 5.41) is 22.9. The maximum Gasteiger partial charge on any atom is 0.272 e. The predicted octanol–water partition coefficient (Wildman–Crippen LogP) is 3.35. The molecule has 1 saturated heterocycles. The molecular formula is C38H61N7O5. The standard InChI is InChI=1S/C38H61N7O5/c1-5-10-29(28(17-20-46)34(47)42-26-15-16-26)41-22-31-27-14-9-13-25(27)23-45(31)37(50)33(38(2,3)4)44-36(49)32(24-11-7-6-8-12-24)43-35(48)30-21-39-18-19-40-30/h18-19,21,24-29,31-33,41,46H,5-17,20,22-23H2,1-4H3,(H,42,47)(H,43,48)(H,44,49)/t25?,27?,28?,29-,31+,32-,33?/m0/s1. The van der Waals surface area contributed by atoms with Crippen LogP contribution >= 0.6 is 0 Å². The lowest BCUT2D eigenvalue weighted by molar-refractivity contribution is -0.141. The van der Waals surface area contributed by atoms with E-state index < -0.39 is 23.4 Å². The highest BCUT2D eigenvalue weighted by Gasteiger charge is 2.49. The highest BCUT2D eigenvalue weighted by Crippen LogP contribution is 2.43. The van der Waals surface area contributed by atoms with E-state index in [1.165, 1.54) is 18.6 Å². The number of likely N-dealkylation sites (tertiary alicyclic amines) is 1. The summed E-state index contributed by atoms with van der Waals surface area (Å²) in [6, 6.07) is -1.53. The van der Waals surface area contributed by atoms with Crippen LogP contribution < -0.4 is 21.3 Å². The number of aromatic nitrogens is 2. The Morgan fingerprint density at radius 1 is 0.940 bits per heavy atom. The molecule has 4 fully saturated rings. The van der Waals surface area contributed by atoms with Gasteiger partial charge in [-0.15, -0.1) is 0 Å². The minimum atomic E-state index is -0.797. The van der Waals surface area contributed by atoms with Crippen LogP contribution in [0.3, 0.4) is 0 Å². The molecule has 1 aliphatic heterocycles. The molecule has 1 aromatic rings. The van der Waals surface area contributed by atoms with Gasteiger partial charge in [0.15, 0.2) is 0 Å². The summed E-state index contributed by atoms with van der Waals surface area (Å²) in [6.45, 7) is 9.18. The zero-order chi connectivity index (χ0) is 35.8. The summed E-state index contributed by atoms with van der Waals surface area (Å²) in [7, 11) is 0. The average Bonchev–Trinajstić information content (AvgIpc) is 3.68. The van der Waals surface area contributed by atoms with Gasteiger partial charge in [0, 0.05) is 50.2 Å². The monoisotopic (exact) mass is 695 g/mol. The van der Waals surface area contributed by atoms with Crippen LogP contribution in [0.5, 0.6) is 0 Å². The number of aliphatic hydroxyl groups excluding tert-OH is 1. The molecule has 2 heterocycles.